The molecule has 3 atom stereocenters. The maximum atomic E-state index is 13.1. The molecule has 2 aliphatic rings. The highest BCUT2D eigenvalue weighted by Crippen LogP contribution is 2.50. The third kappa shape index (κ3) is 6.11. The third-order valence-corrected chi connectivity index (χ3v) is 7.09. The number of aromatic hydroxyl groups is 2. The van der Waals surface area contributed by atoms with Gasteiger partial charge in [-0.25, -0.2) is 0 Å². The second kappa shape index (κ2) is 11.3. The van der Waals surface area contributed by atoms with Gasteiger partial charge in [0.05, 0.1) is 6.10 Å². The van der Waals surface area contributed by atoms with Crippen LogP contribution in [0, 0.1) is 0 Å². The number of esters is 1. The van der Waals surface area contributed by atoms with Crippen molar-refractivity contribution >= 4 is 23.9 Å². The molecule has 3 N–H and O–H groups in total. The maximum Gasteiger partial charge on any atom is 0.311 e. The number of hydrogen-bond donors (Lipinski definition) is 3. The zero-order valence-electron chi connectivity index (χ0n) is 21.3. The molecule has 1 saturated heterocycles. The largest absolute Gasteiger partial charge is 0.507 e. The number of rotatable bonds is 5. The van der Waals surface area contributed by atoms with Crippen molar-refractivity contribution < 1.29 is 34.4 Å². The summed E-state index contributed by atoms with van der Waals surface area (Å²) >= 11 is 0. The summed E-state index contributed by atoms with van der Waals surface area (Å²) < 4.78 is 11.6. The van der Waals surface area contributed by atoms with Gasteiger partial charge in [0.1, 0.15) is 22.8 Å². The lowest BCUT2D eigenvalue weighted by atomic mass is 9.80. The summed E-state index contributed by atoms with van der Waals surface area (Å²) in [6, 6.07) is 19.9. The van der Waals surface area contributed by atoms with Crippen molar-refractivity contribution in [3.63, 3.8) is 0 Å². The Morgan fingerprint density at radius 2 is 1.64 bits per heavy atom. The van der Waals surface area contributed by atoms with Crippen LogP contribution in [0.2, 0.25) is 0 Å². The lowest BCUT2D eigenvalue weighted by Gasteiger charge is -2.41. The standard InChI is InChI=1S/C32H30O7/c33-25(15-14-21-8-3-1-4-9-21)30-26(34)19-27-29(31(30)36)23-18-24(12-7-13-28(35)38-27)39-32(37,20-23)17-16-22-10-5-2-6-11-22/h1-6,8-11,14-17,19,23-24,34,36-37H,7,12-13,18,20H2/t23-,24+,32+/m1/s1. The Bertz CT molecular complexity index is 1410. The first-order valence-corrected chi connectivity index (χ1v) is 13.0. The predicted molar refractivity (Wildman–Crippen MR) is 146 cm³/mol. The Balaban J connectivity index is 1.54. The highest BCUT2D eigenvalue weighted by molar-refractivity contribution is 6.11. The van der Waals surface area contributed by atoms with Crippen molar-refractivity contribution in [3.8, 4) is 17.2 Å². The number of carbonyl (C=O) groups excluding carboxylic acids is 2. The molecule has 0 aliphatic carbocycles. The van der Waals surface area contributed by atoms with E-state index in [9.17, 15) is 24.9 Å². The summed E-state index contributed by atoms with van der Waals surface area (Å²) in [5.41, 5.74) is 1.56. The fourth-order valence-corrected chi connectivity index (χ4v) is 5.27. The van der Waals surface area contributed by atoms with Gasteiger partial charge in [0, 0.05) is 24.5 Å². The molecule has 2 aliphatic heterocycles. The molecule has 0 unspecified atom stereocenters. The van der Waals surface area contributed by atoms with E-state index >= 15 is 0 Å². The van der Waals surface area contributed by atoms with Crippen molar-refractivity contribution in [1.82, 2.24) is 0 Å². The number of aliphatic hydroxyl groups is 1. The molecule has 7 heteroatoms. The number of allylic oxidation sites excluding steroid dienone is 1. The van der Waals surface area contributed by atoms with Gasteiger partial charge >= 0.3 is 5.97 Å². The zero-order chi connectivity index (χ0) is 27.4. The molecule has 1 fully saturated rings. The van der Waals surface area contributed by atoms with Gasteiger partial charge in [-0.2, -0.15) is 0 Å². The lowest BCUT2D eigenvalue weighted by Crippen LogP contribution is -2.42. The fraction of sp³-hybridized carbons (Fsp3) is 0.250. The van der Waals surface area contributed by atoms with Crippen LogP contribution in [0.5, 0.6) is 17.2 Å². The van der Waals surface area contributed by atoms with E-state index in [-0.39, 0.29) is 29.7 Å². The molecular weight excluding hydrogens is 496 g/mol. The summed E-state index contributed by atoms with van der Waals surface area (Å²) in [5, 5.41) is 33.6. The molecule has 0 saturated carbocycles. The molecule has 0 aromatic heterocycles. The number of fused-ring (bicyclic) bond motifs is 4. The number of phenols is 2. The van der Waals surface area contributed by atoms with Crippen LogP contribution >= 0.6 is 0 Å². The second-order valence-corrected chi connectivity index (χ2v) is 9.97. The number of ketones is 1. The number of benzene rings is 3. The highest BCUT2D eigenvalue weighted by atomic mass is 16.6. The molecule has 0 spiro atoms. The van der Waals surface area contributed by atoms with Gasteiger partial charge in [0.15, 0.2) is 11.6 Å². The SMILES string of the molecule is O=C1CCC[C@H]2C[C@H](C[C@](O)(C=Cc3ccccc3)O2)c2c(cc(O)c(C(=O)C=Cc3ccccc3)c2O)O1. The van der Waals surface area contributed by atoms with Crippen LogP contribution in [0.3, 0.4) is 0 Å². The van der Waals surface area contributed by atoms with E-state index in [0.717, 1.165) is 11.1 Å². The van der Waals surface area contributed by atoms with E-state index in [1.54, 1.807) is 18.2 Å². The number of phenolic OH excluding ortho intramolecular Hbond substituents is 2. The van der Waals surface area contributed by atoms with Gasteiger partial charge in [-0.15, -0.1) is 0 Å². The summed E-state index contributed by atoms with van der Waals surface area (Å²) in [6.07, 6.45) is 7.38. The first-order valence-electron chi connectivity index (χ1n) is 13.0. The van der Waals surface area contributed by atoms with Gasteiger partial charge in [-0.05, 0) is 48.5 Å². The monoisotopic (exact) mass is 526 g/mol. The fourth-order valence-electron chi connectivity index (χ4n) is 5.27. The average Bonchev–Trinajstić information content (AvgIpc) is 2.91. The third-order valence-electron chi connectivity index (χ3n) is 7.09. The molecule has 2 bridgehead atoms. The van der Waals surface area contributed by atoms with Gasteiger partial charge in [0.25, 0.3) is 0 Å². The Labute approximate surface area is 226 Å². The Morgan fingerprint density at radius 1 is 0.974 bits per heavy atom. The molecule has 0 radical (unpaired) electrons. The molecule has 0 amide bonds. The van der Waals surface area contributed by atoms with E-state index in [1.165, 1.54) is 12.1 Å². The van der Waals surface area contributed by atoms with Crippen LogP contribution in [-0.2, 0) is 9.53 Å². The summed E-state index contributed by atoms with van der Waals surface area (Å²) in [6.45, 7) is 0. The van der Waals surface area contributed by atoms with Crippen LogP contribution in [0.25, 0.3) is 12.2 Å². The molecule has 39 heavy (non-hydrogen) atoms. The van der Waals surface area contributed by atoms with Crippen LogP contribution in [-0.4, -0.2) is 39.0 Å². The molecule has 2 heterocycles. The van der Waals surface area contributed by atoms with E-state index < -0.39 is 41.1 Å². The maximum absolute atomic E-state index is 13.1. The van der Waals surface area contributed by atoms with Crippen molar-refractivity contribution in [2.45, 2.75) is 49.9 Å². The van der Waals surface area contributed by atoms with E-state index in [2.05, 4.69) is 0 Å². The molecule has 3 aromatic rings. The van der Waals surface area contributed by atoms with E-state index in [1.807, 2.05) is 60.7 Å². The molecule has 7 nitrogen and oxygen atoms in total. The van der Waals surface area contributed by atoms with Crippen molar-refractivity contribution in [3.05, 3.63) is 101 Å². The van der Waals surface area contributed by atoms with Crippen LogP contribution in [0.1, 0.15) is 65.1 Å². The zero-order valence-corrected chi connectivity index (χ0v) is 21.3. The number of hydrogen-bond acceptors (Lipinski definition) is 7. The Morgan fingerprint density at radius 3 is 2.33 bits per heavy atom. The van der Waals surface area contributed by atoms with E-state index in [0.29, 0.717) is 19.3 Å². The van der Waals surface area contributed by atoms with Crippen LogP contribution < -0.4 is 4.74 Å². The normalized spacial score (nSPS) is 23.4. The van der Waals surface area contributed by atoms with Gasteiger partial charge in [-0.1, -0.05) is 72.8 Å². The van der Waals surface area contributed by atoms with Crippen LogP contribution in [0.15, 0.2) is 78.9 Å². The molecular formula is C32H30O7. The lowest BCUT2D eigenvalue weighted by molar-refractivity contribution is -0.227. The summed E-state index contributed by atoms with van der Waals surface area (Å²) in [5.74, 6) is -4.31. The quantitative estimate of drug-likeness (QED) is 0.168. The minimum absolute atomic E-state index is 0.0273. The Hall–Kier alpha value is -4.20. The second-order valence-electron chi connectivity index (χ2n) is 9.97. The predicted octanol–water partition coefficient (Wildman–Crippen LogP) is 5.75. The van der Waals surface area contributed by atoms with Gasteiger partial charge in [0.2, 0.25) is 0 Å². The highest BCUT2D eigenvalue weighted by Gasteiger charge is 2.42. The Kier molecular flexibility index (Phi) is 7.63. The smallest absolute Gasteiger partial charge is 0.311 e. The average molecular weight is 527 g/mol. The first kappa shape index (κ1) is 26.4. The van der Waals surface area contributed by atoms with Crippen molar-refractivity contribution in [1.29, 1.82) is 0 Å². The van der Waals surface area contributed by atoms with Crippen molar-refractivity contribution in [2.24, 2.45) is 0 Å². The first-order chi connectivity index (χ1) is 18.8. The minimum Gasteiger partial charge on any atom is -0.507 e. The van der Waals surface area contributed by atoms with Crippen molar-refractivity contribution in [2.75, 3.05) is 0 Å². The number of ether oxygens (including phenoxy) is 2. The van der Waals surface area contributed by atoms with Gasteiger partial charge < -0.3 is 24.8 Å². The minimum atomic E-state index is -1.66. The summed E-state index contributed by atoms with van der Waals surface area (Å²) in [4.78, 5) is 25.7. The van der Waals surface area contributed by atoms with Crippen LogP contribution in [0.4, 0.5) is 0 Å². The molecule has 5 rings (SSSR count). The molecule has 200 valence electrons. The van der Waals surface area contributed by atoms with E-state index in [4.69, 9.17) is 9.47 Å². The topological polar surface area (TPSA) is 113 Å². The molecule has 3 aromatic carbocycles. The summed E-state index contributed by atoms with van der Waals surface area (Å²) in [7, 11) is 0. The van der Waals surface area contributed by atoms with Gasteiger partial charge in [-0.3, -0.25) is 9.59 Å². The number of carbonyl (C=O) groups is 2.